The minimum atomic E-state index is -0.613. The van der Waals surface area contributed by atoms with Crippen LogP contribution in [0.2, 0.25) is 0 Å². The number of carbonyl (C=O) groups excluding carboxylic acids is 1. The zero-order chi connectivity index (χ0) is 16.8. The molecule has 0 aromatic carbocycles. The lowest BCUT2D eigenvalue weighted by Crippen LogP contribution is -2.54. The number of hydrogen-bond donors (Lipinski definition) is 1. The maximum atomic E-state index is 12.4. The van der Waals surface area contributed by atoms with E-state index in [1.165, 1.54) is 0 Å². The third-order valence-electron chi connectivity index (χ3n) is 4.80. The highest BCUT2D eigenvalue weighted by atomic mass is 16.6. The van der Waals surface area contributed by atoms with Crippen molar-refractivity contribution in [1.29, 1.82) is 0 Å². The van der Waals surface area contributed by atoms with Gasteiger partial charge < -0.3 is 14.7 Å². The van der Waals surface area contributed by atoms with Crippen LogP contribution in [0.3, 0.4) is 0 Å². The van der Waals surface area contributed by atoms with Gasteiger partial charge in [-0.05, 0) is 64.7 Å². The minimum Gasteiger partial charge on any atom is -0.444 e. The van der Waals surface area contributed by atoms with Crippen LogP contribution in [-0.2, 0) is 4.74 Å². The lowest BCUT2D eigenvalue weighted by Gasteiger charge is -2.44. The Bertz CT molecular complexity index is 405. The van der Waals surface area contributed by atoms with E-state index < -0.39 is 11.2 Å². The molecule has 0 spiro atoms. The smallest absolute Gasteiger partial charge is 0.410 e. The first-order valence-electron chi connectivity index (χ1n) is 8.62. The molecule has 2 bridgehead atoms. The van der Waals surface area contributed by atoms with Crippen LogP contribution < -0.4 is 0 Å². The summed E-state index contributed by atoms with van der Waals surface area (Å²) >= 11 is 0. The average molecular weight is 311 g/mol. The molecule has 0 saturated carbocycles. The fourth-order valence-electron chi connectivity index (χ4n) is 3.75. The Morgan fingerprint density at radius 2 is 1.64 bits per heavy atom. The molecule has 0 aromatic rings. The second-order valence-electron chi connectivity index (χ2n) is 9.47. The molecule has 22 heavy (non-hydrogen) atoms. The lowest BCUT2D eigenvalue weighted by molar-refractivity contribution is -0.0667. The van der Waals surface area contributed by atoms with Crippen LogP contribution in [0.15, 0.2) is 0 Å². The van der Waals surface area contributed by atoms with Crippen molar-refractivity contribution < 1.29 is 14.6 Å². The molecule has 2 fully saturated rings. The molecule has 2 saturated heterocycles. The summed E-state index contributed by atoms with van der Waals surface area (Å²) in [5.41, 5.74) is -0.842. The molecule has 2 atom stereocenters. The van der Waals surface area contributed by atoms with Gasteiger partial charge in [-0.1, -0.05) is 20.8 Å². The summed E-state index contributed by atoms with van der Waals surface area (Å²) in [5.74, 6) is 0. The van der Waals surface area contributed by atoms with Gasteiger partial charge in [0.05, 0.1) is 5.60 Å². The highest BCUT2D eigenvalue weighted by Crippen LogP contribution is 2.44. The fraction of sp³-hybridized carbons (Fsp3) is 0.944. The van der Waals surface area contributed by atoms with E-state index >= 15 is 0 Å². The topological polar surface area (TPSA) is 49.8 Å². The van der Waals surface area contributed by atoms with Crippen molar-refractivity contribution in [1.82, 2.24) is 4.90 Å². The molecule has 4 heteroatoms. The maximum Gasteiger partial charge on any atom is 0.410 e. The van der Waals surface area contributed by atoms with Crippen molar-refractivity contribution in [2.45, 2.75) is 103 Å². The van der Waals surface area contributed by atoms with Crippen LogP contribution in [0.25, 0.3) is 0 Å². The first-order valence-corrected chi connectivity index (χ1v) is 8.62. The van der Waals surface area contributed by atoms with Gasteiger partial charge in [-0.2, -0.15) is 0 Å². The first kappa shape index (κ1) is 17.6. The summed E-state index contributed by atoms with van der Waals surface area (Å²) in [6.45, 7) is 12.3. The van der Waals surface area contributed by atoms with Gasteiger partial charge in [0.2, 0.25) is 0 Å². The van der Waals surface area contributed by atoms with Crippen molar-refractivity contribution >= 4 is 6.09 Å². The van der Waals surface area contributed by atoms with Crippen LogP contribution in [0.5, 0.6) is 0 Å². The van der Waals surface area contributed by atoms with Gasteiger partial charge in [0, 0.05) is 12.1 Å². The van der Waals surface area contributed by atoms with Crippen molar-refractivity contribution in [3.8, 4) is 0 Å². The predicted molar refractivity (Wildman–Crippen MR) is 87.8 cm³/mol. The van der Waals surface area contributed by atoms with E-state index in [1.54, 1.807) is 0 Å². The highest BCUT2D eigenvalue weighted by Gasteiger charge is 2.50. The lowest BCUT2D eigenvalue weighted by atomic mass is 9.78. The summed E-state index contributed by atoms with van der Waals surface area (Å²) in [6, 6.07) is 0.275. The third-order valence-corrected chi connectivity index (χ3v) is 4.80. The summed E-state index contributed by atoms with van der Waals surface area (Å²) in [7, 11) is 0. The van der Waals surface area contributed by atoms with E-state index in [2.05, 4.69) is 20.8 Å². The summed E-state index contributed by atoms with van der Waals surface area (Å²) in [6.07, 6.45) is 4.99. The molecule has 2 heterocycles. The number of rotatable bonds is 2. The van der Waals surface area contributed by atoms with E-state index in [9.17, 15) is 9.90 Å². The number of piperidine rings is 1. The Morgan fingerprint density at radius 1 is 1.14 bits per heavy atom. The molecule has 0 radical (unpaired) electrons. The van der Waals surface area contributed by atoms with E-state index in [-0.39, 0.29) is 23.6 Å². The molecule has 2 unspecified atom stereocenters. The van der Waals surface area contributed by atoms with Gasteiger partial charge in [0.1, 0.15) is 5.60 Å². The average Bonchev–Trinajstić information content (AvgIpc) is 2.58. The number of ether oxygens (including phenoxy) is 1. The predicted octanol–water partition coefficient (Wildman–Crippen LogP) is 4.11. The van der Waals surface area contributed by atoms with E-state index in [0.29, 0.717) is 12.8 Å². The largest absolute Gasteiger partial charge is 0.444 e. The standard InChI is InChI=1S/C18H33NO3/c1-16(2,3)9-10-18(21)11-13-7-8-14(12-18)19(13)15(20)22-17(4,5)6/h13-14,21H,7-12H2,1-6H3. The second kappa shape index (κ2) is 5.70. The van der Waals surface area contributed by atoms with Gasteiger partial charge in [0.25, 0.3) is 0 Å². The number of hydrogen-bond acceptors (Lipinski definition) is 3. The van der Waals surface area contributed by atoms with E-state index in [4.69, 9.17) is 4.74 Å². The summed E-state index contributed by atoms with van der Waals surface area (Å²) in [5, 5.41) is 11.0. The van der Waals surface area contributed by atoms with Gasteiger partial charge in [-0.3, -0.25) is 0 Å². The number of amides is 1. The van der Waals surface area contributed by atoms with Gasteiger partial charge >= 0.3 is 6.09 Å². The first-order chi connectivity index (χ1) is 9.89. The Labute approximate surface area is 135 Å². The molecular formula is C18H33NO3. The van der Waals surface area contributed by atoms with Crippen molar-refractivity contribution in [2.75, 3.05) is 0 Å². The molecule has 1 amide bonds. The van der Waals surface area contributed by atoms with Crippen molar-refractivity contribution in [3.05, 3.63) is 0 Å². The van der Waals surface area contributed by atoms with E-state index in [0.717, 1.165) is 25.7 Å². The quantitative estimate of drug-likeness (QED) is 0.835. The highest BCUT2D eigenvalue weighted by molar-refractivity contribution is 5.69. The molecule has 4 nitrogen and oxygen atoms in total. The normalized spacial score (nSPS) is 32.2. The number of fused-ring (bicyclic) bond motifs is 2. The van der Waals surface area contributed by atoms with E-state index in [1.807, 2.05) is 25.7 Å². The van der Waals surface area contributed by atoms with Crippen LogP contribution in [0, 0.1) is 5.41 Å². The van der Waals surface area contributed by atoms with Crippen molar-refractivity contribution in [2.24, 2.45) is 5.41 Å². The van der Waals surface area contributed by atoms with Gasteiger partial charge in [-0.15, -0.1) is 0 Å². The molecule has 2 aliphatic rings. The van der Waals surface area contributed by atoms with Crippen molar-refractivity contribution in [3.63, 3.8) is 0 Å². The molecule has 1 N–H and O–H groups in total. The Balaban J connectivity index is 2.01. The molecule has 0 aliphatic carbocycles. The molecule has 0 aromatic heterocycles. The number of aliphatic hydroxyl groups is 1. The zero-order valence-corrected chi connectivity index (χ0v) is 15.1. The fourth-order valence-corrected chi connectivity index (χ4v) is 3.75. The summed E-state index contributed by atoms with van der Waals surface area (Å²) in [4.78, 5) is 14.3. The molecule has 2 aliphatic heterocycles. The molecular weight excluding hydrogens is 278 g/mol. The number of nitrogens with zero attached hydrogens (tertiary/aromatic N) is 1. The zero-order valence-electron chi connectivity index (χ0n) is 15.1. The van der Waals surface area contributed by atoms with Gasteiger partial charge in [-0.25, -0.2) is 4.79 Å². The van der Waals surface area contributed by atoms with Gasteiger partial charge in [0.15, 0.2) is 0 Å². The summed E-state index contributed by atoms with van der Waals surface area (Å²) < 4.78 is 5.55. The SMILES string of the molecule is CC(C)(C)CCC1(O)CC2CCC(C1)N2C(=O)OC(C)(C)C. The van der Waals surface area contributed by atoms with Crippen LogP contribution >= 0.6 is 0 Å². The Morgan fingerprint density at radius 3 is 2.05 bits per heavy atom. The van der Waals surface area contributed by atoms with Crippen LogP contribution in [0.4, 0.5) is 4.79 Å². The Hall–Kier alpha value is -0.770. The molecule has 2 rings (SSSR count). The molecule has 128 valence electrons. The monoisotopic (exact) mass is 311 g/mol. The van der Waals surface area contributed by atoms with Crippen LogP contribution in [0.1, 0.15) is 80.1 Å². The number of carbonyl (C=O) groups is 1. The Kier molecular flexibility index (Phi) is 4.55. The minimum absolute atomic E-state index is 0.138. The maximum absolute atomic E-state index is 12.4. The van der Waals surface area contributed by atoms with Crippen LogP contribution in [-0.4, -0.2) is 39.4 Å². The second-order valence-corrected chi connectivity index (χ2v) is 9.47. The third kappa shape index (κ3) is 4.37.